The molecule has 16 heavy (non-hydrogen) atoms. The molecule has 0 spiro atoms. The highest BCUT2D eigenvalue weighted by atomic mass is 19.4. The molecule has 0 atom stereocenters. The number of nitrogens with zero attached hydrogens (tertiary/aromatic N) is 3. The summed E-state index contributed by atoms with van der Waals surface area (Å²) in [5, 5.41) is 3.99. The summed E-state index contributed by atoms with van der Waals surface area (Å²) in [7, 11) is 1.00. The van der Waals surface area contributed by atoms with Gasteiger partial charge in [-0.1, -0.05) is 6.58 Å². The van der Waals surface area contributed by atoms with Crippen LogP contribution in [0.3, 0.4) is 0 Å². The molecule has 1 aliphatic heterocycles. The molecule has 0 aromatic rings. The van der Waals surface area contributed by atoms with Crippen LogP contribution in [0.4, 0.5) is 13.2 Å². The Bertz CT molecular complexity index is 407. The van der Waals surface area contributed by atoms with Crippen molar-refractivity contribution >= 4 is 18.3 Å². The van der Waals surface area contributed by atoms with E-state index in [2.05, 4.69) is 16.7 Å². The molecule has 0 fully saturated rings. The van der Waals surface area contributed by atoms with Gasteiger partial charge in [0.15, 0.2) is 6.29 Å². The highest BCUT2D eigenvalue weighted by molar-refractivity contribution is 6.04. The molecule has 0 saturated heterocycles. The van der Waals surface area contributed by atoms with E-state index in [9.17, 15) is 18.0 Å². The SMILES string of the molecule is C=C1C=C(C=O)C=NN1/C(=N\C)C(F)(F)F. The summed E-state index contributed by atoms with van der Waals surface area (Å²) < 4.78 is 37.4. The lowest BCUT2D eigenvalue weighted by molar-refractivity contribution is -0.104. The predicted octanol–water partition coefficient (Wildman–Crippen LogP) is 1.52. The Kier molecular flexibility index (Phi) is 3.26. The number of halogens is 3. The quantitative estimate of drug-likeness (QED) is 0.390. The smallest absolute Gasteiger partial charge is 0.298 e. The average molecular weight is 231 g/mol. The second-order valence-corrected chi connectivity index (χ2v) is 2.85. The Morgan fingerprint density at radius 1 is 1.62 bits per heavy atom. The number of aldehydes is 1. The fraction of sp³-hybridized carbons (Fsp3) is 0.222. The molecular weight excluding hydrogens is 223 g/mol. The van der Waals surface area contributed by atoms with Gasteiger partial charge in [0.25, 0.3) is 0 Å². The summed E-state index contributed by atoms with van der Waals surface area (Å²) in [4.78, 5) is 13.5. The topological polar surface area (TPSA) is 45.0 Å². The Labute approximate surface area is 89.5 Å². The molecule has 1 rings (SSSR count). The molecule has 0 aliphatic carbocycles. The van der Waals surface area contributed by atoms with Gasteiger partial charge in [-0.25, -0.2) is 5.01 Å². The zero-order valence-corrected chi connectivity index (χ0v) is 8.32. The van der Waals surface area contributed by atoms with Crippen LogP contribution in [0.1, 0.15) is 0 Å². The van der Waals surface area contributed by atoms with Crippen LogP contribution in [-0.2, 0) is 4.79 Å². The van der Waals surface area contributed by atoms with Gasteiger partial charge in [0.05, 0.1) is 11.9 Å². The van der Waals surface area contributed by atoms with Gasteiger partial charge in [-0.15, -0.1) is 0 Å². The zero-order chi connectivity index (χ0) is 12.3. The number of carbonyl (C=O) groups excluding carboxylic acids is 1. The summed E-state index contributed by atoms with van der Waals surface area (Å²) in [6.07, 6.45) is -1.94. The summed E-state index contributed by atoms with van der Waals surface area (Å²) in [6.45, 7) is 3.37. The molecule has 0 aromatic carbocycles. The minimum absolute atomic E-state index is 0.0671. The van der Waals surface area contributed by atoms with Crippen LogP contribution in [0.15, 0.2) is 34.0 Å². The second-order valence-electron chi connectivity index (χ2n) is 2.85. The van der Waals surface area contributed by atoms with Crippen molar-refractivity contribution < 1.29 is 18.0 Å². The van der Waals surface area contributed by atoms with Gasteiger partial charge < -0.3 is 0 Å². The number of hydrogen-bond donors (Lipinski definition) is 0. The van der Waals surface area contributed by atoms with Crippen LogP contribution in [0.25, 0.3) is 0 Å². The summed E-state index contributed by atoms with van der Waals surface area (Å²) in [5.41, 5.74) is 0.0846. The van der Waals surface area contributed by atoms with Crippen LogP contribution in [0.2, 0.25) is 0 Å². The highest BCUT2D eigenvalue weighted by Crippen LogP contribution is 2.24. The molecule has 7 heteroatoms. The first-order valence-electron chi connectivity index (χ1n) is 4.14. The third-order valence-electron chi connectivity index (χ3n) is 1.73. The Balaban J connectivity index is 3.03. The lowest BCUT2D eigenvalue weighted by Gasteiger charge is -2.24. The molecule has 0 bridgehead atoms. The van der Waals surface area contributed by atoms with Crippen molar-refractivity contribution in [3.63, 3.8) is 0 Å². The lowest BCUT2D eigenvalue weighted by Crippen LogP contribution is -2.38. The van der Waals surface area contributed by atoms with E-state index in [0.717, 1.165) is 13.3 Å². The number of hydrazone groups is 1. The predicted molar refractivity (Wildman–Crippen MR) is 53.0 cm³/mol. The molecular formula is C9H8F3N3O. The van der Waals surface area contributed by atoms with Crippen molar-refractivity contribution in [2.75, 3.05) is 7.05 Å². The van der Waals surface area contributed by atoms with Crippen molar-refractivity contribution in [1.29, 1.82) is 0 Å². The standard InChI is InChI=1S/C9H8F3N3O/c1-6-3-7(5-16)4-14-15(6)8(13-2)9(10,11)12/h3-5H,1H2,2H3/b13-8-. The van der Waals surface area contributed by atoms with Gasteiger partial charge in [0, 0.05) is 12.6 Å². The zero-order valence-electron chi connectivity index (χ0n) is 8.32. The number of allylic oxidation sites excluding steroid dienone is 2. The molecule has 86 valence electrons. The lowest BCUT2D eigenvalue weighted by atomic mass is 10.2. The normalized spacial score (nSPS) is 17.5. The fourth-order valence-corrected chi connectivity index (χ4v) is 1.09. The van der Waals surface area contributed by atoms with Crippen LogP contribution in [0.5, 0.6) is 0 Å². The molecule has 0 amide bonds. The van der Waals surface area contributed by atoms with Crippen molar-refractivity contribution in [3.05, 3.63) is 23.9 Å². The highest BCUT2D eigenvalue weighted by Gasteiger charge is 2.40. The largest absolute Gasteiger partial charge is 0.451 e. The van der Waals surface area contributed by atoms with Gasteiger partial charge in [0.1, 0.15) is 0 Å². The molecule has 4 nitrogen and oxygen atoms in total. The van der Waals surface area contributed by atoms with Crippen molar-refractivity contribution in [1.82, 2.24) is 5.01 Å². The number of carbonyl (C=O) groups is 1. The molecule has 0 unspecified atom stereocenters. The first-order chi connectivity index (χ1) is 7.40. The first kappa shape index (κ1) is 12.2. The van der Waals surface area contributed by atoms with Crippen LogP contribution < -0.4 is 0 Å². The van der Waals surface area contributed by atoms with E-state index >= 15 is 0 Å². The van der Waals surface area contributed by atoms with Gasteiger partial charge in [-0.3, -0.25) is 9.79 Å². The minimum atomic E-state index is -4.62. The van der Waals surface area contributed by atoms with Gasteiger partial charge in [-0.2, -0.15) is 18.3 Å². The number of amidine groups is 1. The monoisotopic (exact) mass is 231 g/mol. The molecule has 0 radical (unpaired) electrons. The number of aliphatic imine (C=N–C) groups is 1. The maximum atomic E-state index is 12.5. The van der Waals surface area contributed by atoms with E-state index in [1.165, 1.54) is 6.08 Å². The fourth-order valence-electron chi connectivity index (χ4n) is 1.09. The van der Waals surface area contributed by atoms with Crippen molar-refractivity contribution in [2.24, 2.45) is 10.1 Å². The van der Waals surface area contributed by atoms with Crippen LogP contribution in [0, 0.1) is 0 Å². The van der Waals surface area contributed by atoms with Gasteiger partial charge >= 0.3 is 6.18 Å². The Hall–Kier alpha value is -1.92. The Morgan fingerprint density at radius 3 is 2.62 bits per heavy atom. The number of hydrogen-bond acceptors (Lipinski definition) is 3. The maximum Gasteiger partial charge on any atom is 0.451 e. The van der Waals surface area contributed by atoms with Gasteiger partial charge in [-0.05, 0) is 6.08 Å². The van der Waals surface area contributed by atoms with Crippen LogP contribution in [-0.4, -0.2) is 36.6 Å². The minimum Gasteiger partial charge on any atom is -0.298 e. The van der Waals surface area contributed by atoms with E-state index in [4.69, 9.17) is 0 Å². The molecule has 0 aromatic heterocycles. The Morgan fingerprint density at radius 2 is 2.25 bits per heavy atom. The average Bonchev–Trinajstić information content (AvgIpc) is 2.19. The van der Waals surface area contributed by atoms with E-state index in [0.29, 0.717) is 11.3 Å². The maximum absolute atomic E-state index is 12.5. The molecule has 1 aliphatic rings. The van der Waals surface area contributed by atoms with E-state index in [-0.39, 0.29) is 11.3 Å². The van der Waals surface area contributed by atoms with Gasteiger partial charge in [0.2, 0.25) is 5.84 Å². The summed E-state index contributed by atoms with van der Waals surface area (Å²) in [6, 6.07) is 0. The first-order valence-corrected chi connectivity index (χ1v) is 4.14. The third kappa shape index (κ3) is 2.36. The summed E-state index contributed by atoms with van der Waals surface area (Å²) >= 11 is 0. The van der Waals surface area contributed by atoms with Crippen molar-refractivity contribution in [2.45, 2.75) is 6.18 Å². The third-order valence-corrected chi connectivity index (χ3v) is 1.73. The molecule has 1 heterocycles. The van der Waals surface area contributed by atoms with Crippen LogP contribution >= 0.6 is 0 Å². The van der Waals surface area contributed by atoms with Crippen molar-refractivity contribution in [3.8, 4) is 0 Å². The second kappa shape index (κ2) is 4.30. The van der Waals surface area contributed by atoms with E-state index in [1.807, 2.05) is 0 Å². The number of alkyl halides is 3. The molecule has 0 N–H and O–H groups in total. The molecule has 0 saturated carbocycles. The number of rotatable bonds is 1. The van der Waals surface area contributed by atoms with E-state index < -0.39 is 12.0 Å². The summed E-state index contributed by atoms with van der Waals surface area (Å²) in [5.74, 6) is -1.19. The van der Waals surface area contributed by atoms with E-state index in [1.54, 1.807) is 0 Å².